The van der Waals surface area contributed by atoms with Gasteiger partial charge in [0.2, 0.25) is 0 Å². The number of ether oxygens (including phenoxy) is 1. The lowest BCUT2D eigenvalue weighted by Crippen LogP contribution is -2.46. The van der Waals surface area contributed by atoms with Crippen molar-refractivity contribution in [3.05, 3.63) is 34.4 Å². The molecule has 0 spiro atoms. The van der Waals surface area contributed by atoms with Crippen LogP contribution in [0, 0.1) is 20.8 Å². The Morgan fingerprint density at radius 1 is 1.11 bits per heavy atom. The first kappa shape index (κ1) is 14.5. The van der Waals surface area contributed by atoms with Crippen molar-refractivity contribution >= 4 is 0 Å². The van der Waals surface area contributed by atoms with Crippen molar-refractivity contribution in [1.29, 1.82) is 0 Å². The molecule has 1 aliphatic rings. The minimum Gasteiger partial charge on any atom is -0.376 e. The van der Waals surface area contributed by atoms with Crippen molar-refractivity contribution in [2.24, 2.45) is 5.84 Å². The first-order valence-corrected chi connectivity index (χ1v) is 7.13. The van der Waals surface area contributed by atoms with Crippen LogP contribution >= 0.6 is 0 Å². The van der Waals surface area contributed by atoms with Crippen LogP contribution in [0.2, 0.25) is 0 Å². The maximum Gasteiger partial charge on any atom is 0.0885 e. The second-order valence-corrected chi connectivity index (χ2v) is 5.87. The molecule has 3 heteroatoms. The summed E-state index contributed by atoms with van der Waals surface area (Å²) in [5.41, 5.74) is 8.06. The number of hydrazine groups is 1. The molecule has 0 heterocycles. The summed E-state index contributed by atoms with van der Waals surface area (Å²) in [6, 6.07) is 4.57. The molecule has 1 aromatic rings. The van der Waals surface area contributed by atoms with Crippen LogP contribution in [0.4, 0.5) is 0 Å². The van der Waals surface area contributed by atoms with Gasteiger partial charge in [-0.05, 0) is 55.9 Å². The summed E-state index contributed by atoms with van der Waals surface area (Å²) in [4.78, 5) is 0. The van der Waals surface area contributed by atoms with Gasteiger partial charge in [-0.1, -0.05) is 25.0 Å². The lowest BCUT2D eigenvalue weighted by atomic mass is 9.84. The molecule has 1 unspecified atom stereocenters. The molecule has 1 aromatic carbocycles. The summed E-state index contributed by atoms with van der Waals surface area (Å²) in [5, 5.41) is 0. The van der Waals surface area contributed by atoms with E-state index in [9.17, 15) is 0 Å². The van der Waals surface area contributed by atoms with Gasteiger partial charge in [0.25, 0.3) is 0 Å². The number of methoxy groups -OCH3 is 1. The summed E-state index contributed by atoms with van der Waals surface area (Å²) in [7, 11) is 1.81. The summed E-state index contributed by atoms with van der Waals surface area (Å²) >= 11 is 0. The molecule has 0 radical (unpaired) electrons. The first-order valence-electron chi connectivity index (χ1n) is 7.13. The van der Waals surface area contributed by atoms with Gasteiger partial charge in [0.05, 0.1) is 11.6 Å². The van der Waals surface area contributed by atoms with Crippen LogP contribution in [-0.2, 0) is 4.74 Å². The topological polar surface area (TPSA) is 47.3 Å². The van der Waals surface area contributed by atoms with Gasteiger partial charge in [-0.3, -0.25) is 11.3 Å². The maximum absolute atomic E-state index is 5.89. The Hall–Kier alpha value is -0.900. The largest absolute Gasteiger partial charge is 0.376 e. The van der Waals surface area contributed by atoms with Crippen molar-refractivity contribution in [1.82, 2.24) is 5.43 Å². The molecule has 0 bridgehead atoms. The SMILES string of the molecule is COC1(C(NN)c2cc(C)c(C)cc2C)CCCC1. The van der Waals surface area contributed by atoms with E-state index >= 15 is 0 Å². The second kappa shape index (κ2) is 5.61. The van der Waals surface area contributed by atoms with E-state index in [1.807, 2.05) is 7.11 Å². The van der Waals surface area contributed by atoms with Crippen LogP contribution in [0.1, 0.15) is 54.0 Å². The van der Waals surface area contributed by atoms with Crippen LogP contribution < -0.4 is 11.3 Å². The third kappa shape index (κ3) is 2.55. The predicted molar refractivity (Wildman–Crippen MR) is 78.9 cm³/mol. The highest BCUT2D eigenvalue weighted by molar-refractivity contribution is 5.39. The molecule has 1 fully saturated rings. The zero-order chi connectivity index (χ0) is 14.0. The van der Waals surface area contributed by atoms with Gasteiger partial charge in [0.1, 0.15) is 0 Å². The predicted octanol–water partition coefficient (Wildman–Crippen LogP) is 3.08. The smallest absolute Gasteiger partial charge is 0.0885 e. The van der Waals surface area contributed by atoms with Crippen LogP contribution in [0.5, 0.6) is 0 Å². The average Bonchev–Trinajstić information content (AvgIpc) is 2.86. The highest BCUT2D eigenvalue weighted by atomic mass is 16.5. The quantitative estimate of drug-likeness (QED) is 0.647. The van der Waals surface area contributed by atoms with E-state index in [4.69, 9.17) is 10.6 Å². The fraction of sp³-hybridized carbons (Fsp3) is 0.625. The van der Waals surface area contributed by atoms with Crippen molar-refractivity contribution < 1.29 is 4.74 Å². The normalized spacial score (nSPS) is 19.6. The van der Waals surface area contributed by atoms with Crippen molar-refractivity contribution in [3.8, 4) is 0 Å². The Morgan fingerprint density at radius 2 is 1.68 bits per heavy atom. The van der Waals surface area contributed by atoms with E-state index in [0.717, 1.165) is 12.8 Å². The first-order chi connectivity index (χ1) is 9.04. The second-order valence-electron chi connectivity index (χ2n) is 5.87. The van der Waals surface area contributed by atoms with Gasteiger partial charge in [0.15, 0.2) is 0 Å². The Kier molecular flexibility index (Phi) is 4.29. The minimum absolute atomic E-state index is 0.0688. The molecule has 0 amide bonds. The zero-order valence-electron chi connectivity index (χ0n) is 12.5. The summed E-state index contributed by atoms with van der Waals surface area (Å²) in [6.45, 7) is 6.46. The monoisotopic (exact) mass is 262 g/mol. The third-order valence-corrected chi connectivity index (χ3v) is 4.74. The molecule has 1 saturated carbocycles. The van der Waals surface area contributed by atoms with Gasteiger partial charge in [-0.25, -0.2) is 0 Å². The Labute approximate surface area is 116 Å². The number of hydrogen-bond acceptors (Lipinski definition) is 3. The van der Waals surface area contributed by atoms with Crippen molar-refractivity contribution in [3.63, 3.8) is 0 Å². The highest BCUT2D eigenvalue weighted by Gasteiger charge is 2.42. The molecule has 106 valence electrons. The Balaban J connectivity index is 2.44. The molecule has 1 aliphatic carbocycles. The lowest BCUT2D eigenvalue weighted by Gasteiger charge is -2.37. The van der Waals surface area contributed by atoms with E-state index in [-0.39, 0.29) is 11.6 Å². The Bertz CT molecular complexity index is 450. The lowest BCUT2D eigenvalue weighted by molar-refractivity contribution is -0.0370. The molecule has 2 rings (SSSR count). The van der Waals surface area contributed by atoms with Crippen molar-refractivity contribution in [2.75, 3.05) is 7.11 Å². The molecule has 0 aliphatic heterocycles. The number of hydrogen-bond donors (Lipinski definition) is 2. The number of benzene rings is 1. The van der Waals surface area contributed by atoms with Crippen LogP contribution in [0.15, 0.2) is 12.1 Å². The maximum atomic E-state index is 5.89. The standard InChI is InChI=1S/C16H26N2O/c1-11-9-13(3)14(10-12(11)2)15(18-17)16(19-4)7-5-6-8-16/h9-10,15,18H,5-8,17H2,1-4H3. The highest BCUT2D eigenvalue weighted by Crippen LogP contribution is 2.43. The molecular formula is C16H26N2O. The van der Waals surface area contributed by atoms with Crippen LogP contribution in [-0.4, -0.2) is 12.7 Å². The molecule has 1 atom stereocenters. The van der Waals surface area contributed by atoms with E-state index in [1.54, 1.807) is 0 Å². The fourth-order valence-corrected chi connectivity index (χ4v) is 3.40. The molecule has 3 N–H and O–H groups in total. The summed E-state index contributed by atoms with van der Waals surface area (Å²) in [5.74, 6) is 5.87. The number of nitrogens with two attached hydrogens (primary N) is 1. The Morgan fingerprint density at radius 3 is 2.21 bits per heavy atom. The molecule has 3 nitrogen and oxygen atoms in total. The van der Waals surface area contributed by atoms with Gasteiger partial charge >= 0.3 is 0 Å². The molecular weight excluding hydrogens is 236 g/mol. The molecule has 19 heavy (non-hydrogen) atoms. The van der Waals surface area contributed by atoms with Gasteiger partial charge in [0, 0.05) is 7.11 Å². The number of aryl methyl sites for hydroxylation is 3. The van der Waals surface area contributed by atoms with E-state index < -0.39 is 0 Å². The summed E-state index contributed by atoms with van der Waals surface area (Å²) < 4.78 is 5.89. The molecule has 0 aromatic heterocycles. The van der Waals surface area contributed by atoms with Gasteiger partial charge < -0.3 is 4.74 Å². The van der Waals surface area contributed by atoms with Crippen molar-refractivity contribution in [2.45, 2.75) is 58.1 Å². The summed E-state index contributed by atoms with van der Waals surface area (Å²) in [6.07, 6.45) is 4.58. The molecule has 0 saturated heterocycles. The number of nitrogens with one attached hydrogen (secondary N) is 1. The fourth-order valence-electron chi connectivity index (χ4n) is 3.40. The van der Waals surface area contributed by atoms with Crippen LogP contribution in [0.25, 0.3) is 0 Å². The minimum atomic E-state index is -0.152. The van der Waals surface area contributed by atoms with E-state index in [1.165, 1.54) is 35.1 Å². The zero-order valence-corrected chi connectivity index (χ0v) is 12.5. The van der Waals surface area contributed by atoms with Crippen LogP contribution in [0.3, 0.4) is 0 Å². The van der Waals surface area contributed by atoms with E-state index in [2.05, 4.69) is 38.3 Å². The third-order valence-electron chi connectivity index (χ3n) is 4.74. The van der Waals surface area contributed by atoms with E-state index in [0.29, 0.717) is 0 Å². The van der Waals surface area contributed by atoms with Gasteiger partial charge in [-0.15, -0.1) is 0 Å². The number of rotatable bonds is 4. The average molecular weight is 262 g/mol. The van der Waals surface area contributed by atoms with Gasteiger partial charge in [-0.2, -0.15) is 0 Å².